The van der Waals surface area contributed by atoms with E-state index in [0.29, 0.717) is 5.82 Å². The van der Waals surface area contributed by atoms with E-state index in [2.05, 4.69) is 5.10 Å². The number of aryl methyl sites for hydroxylation is 1. The quantitative estimate of drug-likeness (QED) is 0.920. The molecule has 0 spiro atoms. The summed E-state index contributed by atoms with van der Waals surface area (Å²) in [7, 11) is 1.85. The minimum absolute atomic E-state index is 0.230. The number of nitrogen functional groups attached to an aromatic ring is 1. The van der Waals surface area contributed by atoms with Crippen LogP contribution in [0, 0.1) is 11.7 Å². The summed E-state index contributed by atoms with van der Waals surface area (Å²) >= 11 is 0. The molecule has 1 fully saturated rings. The second kappa shape index (κ2) is 4.68. The molecular weight excluding hydrogens is 241 g/mol. The number of aromatic nitrogens is 2. The third-order valence-corrected chi connectivity index (χ3v) is 4.00. The molecule has 2 N–H and O–H groups in total. The van der Waals surface area contributed by atoms with Gasteiger partial charge in [-0.3, -0.25) is 4.68 Å². The van der Waals surface area contributed by atoms with Gasteiger partial charge in [-0.05, 0) is 30.0 Å². The molecule has 3 rings (SSSR count). The Hall–Kier alpha value is -1.84. The van der Waals surface area contributed by atoms with Crippen LogP contribution in [0.3, 0.4) is 0 Å². The van der Waals surface area contributed by atoms with Gasteiger partial charge in [0.1, 0.15) is 11.6 Å². The molecule has 0 saturated heterocycles. The molecule has 0 aliphatic heterocycles. The van der Waals surface area contributed by atoms with Crippen molar-refractivity contribution in [2.45, 2.75) is 25.7 Å². The summed E-state index contributed by atoms with van der Waals surface area (Å²) in [5.41, 5.74) is 9.07. The Balaban J connectivity index is 2.00. The van der Waals surface area contributed by atoms with Crippen molar-refractivity contribution in [3.05, 3.63) is 35.8 Å². The van der Waals surface area contributed by atoms with E-state index >= 15 is 0 Å². The molecule has 0 atom stereocenters. The lowest BCUT2D eigenvalue weighted by Crippen LogP contribution is -2.14. The average Bonchev–Trinajstić information content (AvgIpc) is 2.62. The van der Waals surface area contributed by atoms with Gasteiger partial charge < -0.3 is 5.73 Å². The standard InChI is InChI=1S/C15H18FN3/c1-19-15(17)14(11-5-7-12(16)8-6-11)13(18-19)9-10-3-2-4-10/h5-8,10H,2-4,9,17H2,1H3. The highest BCUT2D eigenvalue weighted by Gasteiger charge is 2.23. The van der Waals surface area contributed by atoms with Gasteiger partial charge in [0.15, 0.2) is 0 Å². The molecule has 0 unspecified atom stereocenters. The maximum Gasteiger partial charge on any atom is 0.129 e. The normalized spacial score (nSPS) is 15.5. The molecule has 1 aliphatic rings. The second-order valence-corrected chi connectivity index (χ2v) is 5.34. The minimum Gasteiger partial charge on any atom is -0.383 e. The van der Waals surface area contributed by atoms with Gasteiger partial charge in [0, 0.05) is 12.6 Å². The number of anilines is 1. The van der Waals surface area contributed by atoms with Gasteiger partial charge in [0.2, 0.25) is 0 Å². The Labute approximate surface area is 112 Å². The first-order valence-electron chi connectivity index (χ1n) is 6.72. The maximum absolute atomic E-state index is 13.0. The number of halogens is 1. The first kappa shape index (κ1) is 12.2. The van der Waals surface area contributed by atoms with Crippen molar-refractivity contribution in [2.24, 2.45) is 13.0 Å². The van der Waals surface area contributed by atoms with Crippen LogP contribution in [0.25, 0.3) is 11.1 Å². The van der Waals surface area contributed by atoms with Gasteiger partial charge in [-0.2, -0.15) is 5.10 Å². The van der Waals surface area contributed by atoms with Crippen LogP contribution in [0.5, 0.6) is 0 Å². The van der Waals surface area contributed by atoms with Crippen LogP contribution in [0.4, 0.5) is 10.2 Å². The molecule has 1 aromatic carbocycles. The van der Waals surface area contributed by atoms with Gasteiger partial charge >= 0.3 is 0 Å². The molecule has 0 bridgehead atoms. The number of nitrogens with two attached hydrogens (primary N) is 1. The molecule has 3 nitrogen and oxygen atoms in total. The highest BCUT2D eigenvalue weighted by Crippen LogP contribution is 2.35. The Morgan fingerprint density at radius 2 is 2.00 bits per heavy atom. The lowest BCUT2D eigenvalue weighted by molar-refractivity contribution is 0.311. The summed E-state index contributed by atoms with van der Waals surface area (Å²) in [6.07, 6.45) is 4.84. The van der Waals surface area contributed by atoms with Crippen LogP contribution in [0.2, 0.25) is 0 Å². The molecule has 1 aromatic heterocycles. The third kappa shape index (κ3) is 2.23. The summed E-state index contributed by atoms with van der Waals surface area (Å²) in [5, 5.41) is 4.53. The van der Waals surface area contributed by atoms with E-state index in [0.717, 1.165) is 29.2 Å². The molecule has 2 aromatic rings. The second-order valence-electron chi connectivity index (χ2n) is 5.34. The van der Waals surface area contributed by atoms with Crippen molar-refractivity contribution in [1.82, 2.24) is 9.78 Å². The Bertz CT molecular complexity index is 582. The molecule has 1 aliphatic carbocycles. The molecule has 19 heavy (non-hydrogen) atoms. The highest BCUT2D eigenvalue weighted by atomic mass is 19.1. The molecule has 100 valence electrons. The van der Waals surface area contributed by atoms with Crippen molar-refractivity contribution >= 4 is 5.82 Å². The number of benzene rings is 1. The predicted molar refractivity (Wildman–Crippen MR) is 74.1 cm³/mol. The fraction of sp³-hybridized carbons (Fsp3) is 0.400. The lowest BCUT2D eigenvalue weighted by atomic mass is 9.81. The lowest BCUT2D eigenvalue weighted by Gasteiger charge is -2.24. The van der Waals surface area contributed by atoms with E-state index in [1.165, 1.54) is 31.4 Å². The Kier molecular flexibility index (Phi) is 3.01. The number of hydrogen-bond acceptors (Lipinski definition) is 2. The van der Waals surface area contributed by atoms with Crippen molar-refractivity contribution in [1.29, 1.82) is 0 Å². The summed E-state index contributed by atoms with van der Waals surface area (Å²) in [6.45, 7) is 0. The molecule has 4 heteroatoms. The first-order valence-corrected chi connectivity index (χ1v) is 6.72. The molecular formula is C15H18FN3. The summed E-state index contributed by atoms with van der Waals surface area (Å²) in [6, 6.07) is 6.48. The van der Waals surface area contributed by atoms with E-state index in [9.17, 15) is 4.39 Å². The topological polar surface area (TPSA) is 43.8 Å². The SMILES string of the molecule is Cn1nc(CC2CCC2)c(-c2ccc(F)cc2)c1N. The van der Waals surface area contributed by atoms with Crippen LogP contribution in [-0.2, 0) is 13.5 Å². The zero-order chi connectivity index (χ0) is 13.4. The largest absolute Gasteiger partial charge is 0.383 e. The van der Waals surface area contributed by atoms with E-state index in [1.807, 2.05) is 7.05 Å². The van der Waals surface area contributed by atoms with Crippen LogP contribution in [0.1, 0.15) is 25.0 Å². The van der Waals surface area contributed by atoms with Crippen molar-refractivity contribution in [3.63, 3.8) is 0 Å². The van der Waals surface area contributed by atoms with Gasteiger partial charge in [0.25, 0.3) is 0 Å². The fourth-order valence-corrected chi connectivity index (χ4v) is 2.64. The van der Waals surface area contributed by atoms with Gasteiger partial charge in [-0.15, -0.1) is 0 Å². The smallest absolute Gasteiger partial charge is 0.129 e. The van der Waals surface area contributed by atoms with Crippen LogP contribution < -0.4 is 5.73 Å². The van der Waals surface area contributed by atoms with Crippen molar-refractivity contribution in [2.75, 3.05) is 5.73 Å². The first-order chi connectivity index (χ1) is 9.15. The zero-order valence-electron chi connectivity index (χ0n) is 11.1. The molecule has 0 amide bonds. The maximum atomic E-state index is 13.0. The van der Waals surface area contributed by atoms with Crippen LogP contribution in [0.15, 0.2) is 24.3 Å². The van der Waals surface area contributed by atoms with Gasteiger partial charge in [0.05, 0.1) is 5.69 Å². The predicted octanol–water partition coefficient (Wildman–Crippen LogP) is 3.15. The van der Waals surface area contributed by atoms with Crippen LogP contribution >= 0.6 is 0 Å². The van der Waals surface area contributed by atoms with Crippen LogP contribution in [-0.4, -0.2) is 9.78 Å². The third-order valence-electron chi connectivity index (χ3n) is 4.00. The van der Waals surface area contributed by atoms with E-state index in [4.69, 9.17) is 5.73 Å². The van der Waals surface area contributed by atoms with E-state index in [-0.39, 0.29) is 5.82 Å². The Morgan fingerprint density at radius 3 is 2.58 bits per heavy atom. The van der Waals surface area contributed by atoms with E-state index < -0.39 is 0 Å². The number of nitrogens with zero attached hydrogens (tertiary/aromatic N) is 2. The van der Waals surface area contributed by atoms with Gasteiger partial charge in [-0.1, -0.05) is 31.4 Å². The summed E-state index contributed by atoms with van der Waals surface area (Å²) < 4.78 is 14.7. The monoisotopic (exact) mass is 259 g/mol. The summed E-state index contributed by atoms with van der Waals surface area (Å²) in [5.74, 6) is 1.15. The average molecular weight is 259 g/mol. The number of hydrogen-bond donors (Lipinski definition) is 1. The fourth-order valence-electron chi connectivity index (χ4n) is 2.64. The van der Waals surface area contributed by atoms with Crippen molar-refractivity contribution in [3.8, 4) is 11.1 Å². The molecule has 1 saturated carbocycles. The summed E-state index contributed by atoms with van der Waals surface area (Å²) in [4.78, 5) is 0. The number of rotatable bonds is 3. The van der Waals surface area contributed by atoms with Crippen molar-refractivity contribution < 1.29 is 4.39 Å². The van der Waals surface area contributed by atoms with Gasteiger partial charge in [-0.25, -0.2) is 4.39 Å². The molecule has 0 radical (unpaired) electrons. The molecule has 1 heterocycles. The zero-order valence-corrected chi connectivity index (χ0v) is 11.1. The van der Waals surface area contributed by atoms with E-state index in [1.54, 1.807) is 16.8 Å². The minimum atomic E-state index is -0.230. The highest BCUT2D eigenvalue weighted by molar-refractivity contribution is 5.76. The Morgan fingerprint density at radius 1 is 1.32 bits per heavy atom.